The molecule has 9 nitrogen and oxygen atoms in total. The van der Waals surface area contributed by atoms with Crippen LogP contribution in [-0.4, -0.2) is 35.2 Å². The number of unbranched alkanes of at least 4 members (excludes halogenated alkanes) is 1. The average molecular weight is 513 g/mol. The highest BCUT2D eigenvalue weighted by atomic mass is 35.5. The van der Waals surface area contributed by atoms with Crippen LogP contribution in [0.1, 0.15) is 35.7 Å². The standard InChI is InChI=1S/C26H25ClN2O7/c1-2-3-14-35-24-11-8-19(27)15-22(24)25(30)28-13-12-17-4-6-18(7-5-17)21-10-9-20(36-26(31)32)16-23(21)29(33)34/h4-11,15-16H,2-3,12-14H2,1H3,(H,28,30)(H,31,32). The van der Waals surface area contributed by atoms with Crippen molar-refractivity contribution in [3.8, 4) is 22.6 Å². The van der Waals surface area contributed by atoms with Gasteiger partial charge in [-0.1, -0.05) is 49.2 Å². The van der Waals surface area contributed by atoms with E-state index < -0.39 is 11.1 Å². The van der Waals surface area contributed by atoms with Crippen molar-refractivity contribution in [1.29, 1.82) is 0 Å². The van der Waals surface area contributed by atoms with Gasteiger partial charge in [-0.15, -0.1) is 0 Å². The first-order valence-corrected chi connectivity index (χ1v) is 11.7. The second kappa shape index (κ2) is 12.6. The van der Waals surface area contributed by atoms with Crippen LogP contribution in [0.25, 0.3) is 11.1 Å². The molecule has 0 aromatic heterocycles. The maximum absolute atomic E-state index is 12.7. The van der Waals surface area contributed by atoms with Gasteiger partial charge in [0.25, 0.3) is 11.6 Å². The van der Waals surface area contributed by atoms with Gasteiger partial charge in [-0.05, 0) is 54.3 Å². The zero-order valence-electron chi connectivity index (χ0n) is 19.5. The maximum atomic E-state index is 12.7. The molecule has 0 radical (unpaired) electrons. The third-order valence-electron chi connectivity index (χ3n) is 5.28. The number of carbonyl (C=O) groups is 2. The molecular formula is C26H25ClN2O7. The van der Waals surface area contributed by atoms with Crippen molar-refractivity contribution in [3.05, 3.63) is 86.9 Å². The molecule has 0 fully saturated rings. The smallest absolute Gasteiger partial charge is 0.493 e. The van der Waals surface area contributed by atoms with Crippen LogP contribution >= 0.6 is 11.6 Å². The highest BCUT2D eigenvalue weighted by Gasteiger charge is 2.18. The third kappa shape index (κ3) is 7.19. The summed E-state index contributed by atoms with van der Waals surface area (Å²) in [6.45, 7) is 2.93. The van der Waals surface area contributed by atoms with E-state index in [4.69, 9.17) is 21.4 Å². The second-order valence-electron chi connectivity index (χ2n) is 7.85. The van der Waals surface area contributed by atoms with Crippen LogP contribution in [0.3, 0.4) is 0 Å². The molecule has 0 aliphatic carbocycles. The first kappa shape index (κ1) is 26.5. The van der Waals surface area contributed by atoms with E-state index >= 15 is 0 Å². The van der Waals surface area contributed by atoms with E-state index in [1.807, 2.05) is 12.1 Å². The van der Waals surface area contributed by atoms with Crippen molar-refractivity contribution in [2.24, 2.45) is 0 Å². The predicted octanol–water partition coefficient (Wildman–Crippen LogP) is 6.12. The molecule has 3 aromatic carbocycles. The van der Waals surface area contributed by atoms with Gasteiger partial charge < -0.3 is 19.9 Å². The number of nitrogens with zero attached hydrogens (tertiary/aromatic N) is 1. The Morgan fingerprint density at radius 2 is 1.83 bits per heavy atom. The van der Waals surface area contributed by atoms with Crippen LogP contribution < -0.4 is 14.8 Å². The van der Waals surface area contributed by atoms with E-state index in [0.717, 1.165) is 24.5 Å². The SMILES string of the molecule is CCCCOc1ccc(Cl)cc1C(=O)NCCc1ccc(-c2ccc(OC(=O)O)cc2[N+](=O)[O-])cc1. The van der Waals surface area contributed by atoms with Gasteiger partial charge in [-0.25, -0.2) is 4.79 Å². The minimum absolute atomic E-state index is 0.135. The summed E-state index contributed by atoms with van der Waals surface area (Å²) in [6.07, 6.45) is 0.838. The first-order valence-electron chi connectivity index (χ1n) is 11.3. The summed E-state index contributed by atoms with van der Waals surface area (Å²) >= 11 is 6.07. The number of nitro groups is 1. The molecule has 10 heteroatoms. The molecule has 0 unspecified atom stereocenters. The molecule has 36 heavy (non-hydrogen) atoms. The summed E-state index contributed by atoms with van der Waals surface area (Å²) in [5, 5.41) is 23.5. The fourth-order valence-electron chi connectivity index (χ4n) is 3.47. The minimum atomic E-state index is -1.55. The molecule has 3 rings (SSSR count). The normalized spacial score (nSPS) is 10.5. The summed E-state index contributed by atoms with van der Waals surface area (Å²) < 4.78 is 10.2. The lowest BCUT2D eigenvalue weighted by Crippen LogP contribution is -2.26. The van der Waals surface area contributed by atoms with Crippen molar-refractivity contribution in [2.45, 2.75) is 26.2 Å². The highest BCUT2D eigenvalue weighted by molar-refractivity contribution is 6.31. The largest absolute Gasteiger partial charge is 0.511 e. The van der Waals surface area contributed by atoms with Crippen LogP contribution in [-0.2, 0) is 6.42 Å². The van der Waals surface area contributed by atoms with Gasteiger partial charge in [0.05, 0.1) is 28.7 Å². The van der Waals surface area contributed by atoms with Gasteiger partial charge in [0.15, 0.2) is 0 Å². The summed E-state index contributed by atoms with van der Waals surface area (Å²) in [6, 6.07) is 15.9. The summed E-state index contributed by atoms with van der Waals surface area (Å²) in [4.78, 5) is 34.3. The maximum Gasteiger partial charge on any atom is 0.511 e. The number of hydrogen-bond acceptors (Lipinski definition) is 6. The molecule has 2 N–H and O–H groups in total. The van der Waals surface area contributed by atoms with Crippen molar-refractivity contribution in [2.75, 3.05) is 13.2 Å². The van der Waals surface area contributed by atoms with E-state index in [1.54, 1.807) is 30.3 Å². The highest BCUT2D eigenvalue weighted by Crippen LogP contribution is 2.33. The third-order valence-corrected chi connectivity index (χ3v) is 5.51. The molecule has 188 valence electrons. The lowest BCUT2D eigenvalue weighted by molar-refractivity contribution is -0.384. The molecule has 0 saturated carbocycles. The van der Waals surface area contributed by atoms with Crippen LogP contribution in [0.4, 0.5) is 10.5 Å². The molecule has 0 aliphatic heterocycles. The number of nitro benzene ring substituents is 1. The lowest BCUT2D eigenvalue weighted by atomic mass is 10.0. The topological polar surface area (TPSA) is 128 Å². The lowest BCUT2D eigenvalue weighted by Gasteiger charge is -2.12. The molecular weight excluding hydrogens is 488 g/mol. The number of hydrogen-bond donors (Lipinski definition) is 2. The average Bonchev–Trinajstić information content (AvgIpc) is 2.85. The zero-order chi connectivity index (χ0) is 26.1. The van der Waals surface area contributed by atoms with Gasteiger partial charge in [-0.3, -0.25) is 14.9 Å². The Hall–Kier alpha value is -4.11. The number of benzene rings is 3. The van der Waals surface area contributed by atoms with Gasteiger partial charge in [0, 0.05) is 11.6 Å². The van der Waals surface area contributed by atoms with Crippen LogP contribution in [0.15, 0.2) is 60.7 Å². The minimum Gasteiger partial charge on any atom is -0.493 e. The van der Waals surface area contributed by atoms with Gasteiger partial charge >= 0.3 is 6.16 Å². The van der Waals surface area contributed by atoms with E-state index in [0.29, 0.717) is 47.0 Å². The second-order valence-corrected chi connectivity index (χ2v) is 8.29. The molecule has 0 bridgehead atoms. The molecule has 0 saturated heterocycles. The first-order chi connectivity index (χ1) is 17.3. The van der Waals surface area contributed by atoms with E-state index in [-0.39, 0.29) is 17.3 Å². The summed E-state index contributed by atoms with van der Waals surface area (Å²) in [5.74, 6) is 0.0555. The Balaban J connectivity index is 1.64. The zero-order valence-corrected chi connectivity index (χ0v) is 20.3. The van der Waals surface area contributed by atoms with E-state index in [9.17, 15) is 19.7 Å². The number of rotatable bonds is 11. The van der Waals surface area contributed by atoms with Crippen LogP contribution in [0, 0.1) is 10.1 Å². The van der Waals surface area contributed by atoms with Crippen LogP contribution in [0.2, 0.25) is 5.02 Å². The van der Waals surface area contributed by atoms with E-state index in [2.05, 4.69) is 17.0 Å². The van der Waals surface area contributed by atoms with Gasteiger partial charge in [0.1, 0.15) is 11.5 Å². The fourth-order valence-corrected chi connectivity index (χ4v) is 3.64. The molecule has 0 aliphatic rings. The number of ether oxygens (including phenoxy) is 2. The number of nitrogens with one attached hydrogen (secondary N) is 1. The number of carbonyl (C=O) groups excluding carboxylic acids is 1. The van der Waals surface area contributed by atoms with Crippen molar-refractivity contribution in [1.82, 2.24) is 5.32 Å². The molecule has 0 spiro atoms. The molecule has 0 atom stereocenters. The molecule has 1 amide bonds. The monoisotopic (exact) mass is 512 g/mol. The Kier molecular flexibility index (Phi) is 9.24. The predicted molar refractivity (Wildman–Crippen MR) is 135 cm³/mol. The van der Waals surface area contributed by atoms with Crippen molar-refractivity contribution in [3.63, 3.8) is 0 Å². The Morgan fingerprint density at radius 3 is 2.50 bits per heavy atom. The number of halogens is 1. The van der Waals surface area contributed by atoms with Gasteiger partial charge in [-0.2, -0.15) is 0 Å². The van der Waals surface area contributed by atoms with Crippen molar-refractivity contribution < 1.29 is 29.1 Å². The van der Waals surface area contributed by atoms with E-state index in [1.165, 1.54) is 12.1 Å². The summed E-state index contributed by atoms with van der Waals surface area (Å²) in [7, 11) is 0. The quantitative estimate of drug-likeness (QED) is 0.104. The van der Waals surface area contributed by atoms with Crippen molar-refractivity contribution >= 4 is 29.4 Å². The molecule has 0 heterocycles. The summed E-state index contributed by atoms with van der Waals surface area (Å²) in [5.41, 5.74) is 1.93. The Labute approximate surface area is 212 Å². The number of amides is 1. The Morgan fingerprint density at radius 1 is 1.08 bits per heavy atom. The number of carboxylic acid groups (broad SMARTS) is 1. The fraction of sp³-hybridized carbons (Fsp3) is 0.231. The van der Waals surface area contributed by atoms with Gasteiger partial charge in [0.2, 0.25) is 0 Å². The Bertz CT molecular complexity index is 1250. The molecule has 3 aromatic rings. The van der Waals surface area contributed by atoms with Crippen LogP contribution in [0.5, 0.6) is 11.5 Å².